The van der Waals surface area contributed by atoms with Crippen molar-refractivity contribution in [2.75, 3.05) is 5.32 Å². The summed E-state index contributed by atoms with van der Waals surface area (Å²) in [6.45, 7) is 8.85. The second-order valence-corrected chi connectivity index (χ2v) is 7.21. The molecule has 0 radical (unpaired) electrons. The van der Waals surface area contributed by atoms with E-state index in [1.807, 2.05) is 42.4 Å². The highest BCUT2D eigenvalue weighted by atomic mass is 16.3. The molecule has 7 heteroatoms. The first-order valence-corrected chi connectivity index (χ1v) is 9.09. The summed E-state index contributed by atoms with van der Waals surface area (Å²) < 4.78 is 9.65. The van der Waals surface area contributed by atoms with Gasteiger partial charge in [-0.2, -0.15) is 5.10 Å². The lowest BCUT2D eigenvalue weighted by atomic mass is 10.2. The predicted molar refractivity (Wildman–Crippen MR) is 106 cm³/mol. The molecule has 0 amide bonds. The highest BCUT2D eigenvalue weighted by Gasteiger charge is 2.19. The van der Waals surface area contributed by atoms with E-state index in [1.54, 1.807) is 6.26 Å². The molecule has 140 valence electrons. The average molecular weight is 364 g/mol. The highest BCUT2D eigenvalue weighted by Crippen LogP contribution is 2.31. The fourth-order valence-electron chi connectivity index (χ4n) is 3.23. The Hall–Kier alpha value is -3.09. The lowest BCUT2D eigenvalue weighted by Crippen LogP contribution is -2.07. The molecule has 7 nitrogen and oxygen atoms in total. The molecule has 4 aromatic heterocycles. The van der Waals surface area contributed by atoms with Gasteiger partial charge in [-0.1, -0.05) is 0 Å². The Morgan fingerprint density at radius 3 is 2.67 bits per heavy atom. The quantitative estimate of drug-likeness (QED) is 0.573. The van der Waals surface area contributed by atoms with Crippen molar-refractivity contribution in [2.45, 2.75) is 40.3 Å². The van der Waals surface area contributed by atoms with E-state index in [0.29, 0.717) is 18.1 Å². The van der Waals surface area contributed by atoms with Crippen molar-refractivity contribution in [2.24, 2.45) is 7.05 Å². The SMILES string of the molecule is Cc1coc(-c2cc(NCc3ccn(C)c3)c3c(n2)c(C)nn3C(C)C)n1. The van der Waals surface area contributed by atoms with Crippen molar-refractivity contribution >= 4 is 16.7 Å². The Morgan fingerprint density at radius 1 is 1.22 bits per heavy atom. The molecule has 0 fully saturated rings. The van der Waals surface area contributed by atoms with Gasteiger partial charge in [0, 0.05) is 32.0 Å². The maximum Gasteiger partial charge on any atom is 0.245 e. The second kappa shape index (κ2) is 6.57. The van der Waals surface area contributed by atoms with E-state index in [9.17, 15) is 0 Å². The summed E-state index contributed by atoms with van der Waals surface area (Å²) in [5.74, 6) is 0.522. The summed E-state index contributed by atoms with van der Waals surface area (Å²) in [4.78, 5) is 9.23. The number of rotatable bonds is 5. The zero-order chi connectivity index (χ0) is 19.1. The topological polar surface area (TPSA) is 73.7 Å². The van der Waals surface area contributed by atoms with Crippen LogP contribution in [0, 0.1) is 13.8 Å². The van der Waals surface area contributed by atoms with Crippen LogP contribution in [0.2, 0.25) is 0 Å². The van der Waals surface area contributed by atoms with Crippen molar-refractivity contribution in [1.29, 1.82) is 0 Å². The number of oxazole rings is 1. The van der Waals surface area contributed by atoms with Crippen molar-refractivity contribution in [3.05, 3.63) is 47.7 Å². The number of pyridine rings is 1. The van der Waals surface area contributed by atoms with Crippen LogP contribution in [0.25, 0.3) is 22.6 Å². The molecule has 0 aliphatic heterocycles. The molecule has 0 unspecified atom stereocenters. The van der Waals surface area contributed by atoms with Gasteiger partial charge in [-0.3, -0.25) is 4.68 Å². The van der Waals surface area contributed by atoms with E-state index in [-0.39, 0.29) is 6.04 Å². The molecule has 0 atom stereocenters. The number of aryl methyl sites for hydroxylation is 3. The van der Waals surface area contributed by atoms with Gasteiger partial charge in [0.05, 0.1) is 17.1 Å². The van der Waals surface area contributed by atoms with Gasteiger partial charge in [-0.05, 0) is 45.4 Å². The molecule has 0 aliphatic rings. The van der Waals surface area contributed by atoms with Crippen molar-refractivity contribution in [1.82, 2.24) is 24.3 Å². The monoisotopic (exact) mass is 364 g/mol. The summed E-state index contributed by atoms with van der Waals surface area (Å²) in [5, 5.41) is 8.27. The van der Waals surface area contributed by atoms with Crippen LogP contribution in [0.5, 0.6) is 0 Å². The third-order valence-electron chi connectivity index (χ3n) is 4.53. The summed E-state index contributed by atoms with van der Waals surface area (Å²) in [6.07, 6.45) is 5.79. The minimum absolute atomic E-state index is 0.232. The molecule has 4 rings (SSSR count). The van der Waals surface area contributed by atoms with Crippen molar-refractivity contribution in [3.63, 3.8) is 0 Å². The fraction of sp³-hybridized carbons (Fsp3) is 0.350. The Labute approximate surface area is 158 Å². The van der Waals surface area contributed by atoms with E-state index < -0.39 is 0 Å². The number of hydrogen-bond acceptors (Lipinski definition) is 5. The molecule has 0 aliphatic carbocycles. The first-order valence-electron chi connectivity index (χ1n) is 9.09. The predicted octanol–water partition coefficient (Wildman–Crippen LogP) is 4.23. The van der Waals surface area contributed by atoms with Gasteiger partial charge in [0.15, 0.2) is 0 Å². The zero-order valence-corrected chi connectivity index (χ0v) is 16.3. The Balaban J connectivity index is 1.84. The standard InChI is InChI=1S/C20H24N6O/c1-12(2)26-19-16(21-9-15-6-7-25(5)10-15)8-17(20-22-13(3)11-27-20)23-18(19)14(4)24-26/h6-8,10-12H,9H2,1-5H3,(H,21,23). The van der Waals surface area contributed by atoms with Crippen LogP contribution in [0.15, 0.2) is 35.2 Å². The number of nitrogens with one attached hydrogen (secondary N) is 1. The first-order chi connectivity index (χ1) is 12.9. The molecule has 0 bridgehead atoms. The summed E-state index contributed by atoms with van der Waals surface area (Å²) >= 11 is 0. The van der Waals surface area contributed by atoms with Crippen LogP contribution < -0.4 is 5.32 Å². The summed E-state index contributed by atoms with van der Waals surface area (Å²) in [7, 11) is 2.02. The maximum absolute atomic E-state index is 5.58. The second-order valence-electron chi connectivity index (χ2n) is 7.21. The Kier molecular flexibility index (Phi) is 4.22. The molecular formula is C20H24N6O. The third kappa shape index (κ3) is 3.20. The van der Waals surface area contributed by atoms with Gasteiger partial charge in [0.1, 0.15) is 23.0 Å². The molecule has 0 aromatic carbocycles. The normalized spacial score (nSPS) is 11.6. The van der Waals surface area contributed by atoms with Gasteiger partial charge in [-0.25, -0.2) is 9.97 Å². The van der Waals surface area contributed by atoms with Gasteiger partial charge in [-0.15, -0.1) is 0 Å². The van der Waals surface area contributed by atoms with Gasteiger partial charge >= 0.3 is 0 Å². The van der Waals surface area contributed by atoms with Gasteiger partial charge < -0.3 is 14.3 Å². The van der Waals surface area contributed by atoms with Crippen LogP contribution in [0.3, 0.4) is 0 Å². The smallest absolute Gasteiger partial charge is 0.245 e. The number of anilines is 1. The Morgan fingerprint density at radius 2 is 2.04 bits per heavy atom. The van der Waals surface area contributed by atoms with Gasteiger partial charge in [0.2, 0.25) is 5.89 Å². The zero-order valence-electron chi connectivity index (χ0n) is 16.3. The van der Waals surface area contributed by atoms with Crippen LogP contribution >= 0.6 is 0 Å². The van der Waals surface area contributed by atoms with Crippen LogP contribution in [-0.2, 0) is 13.6 Å². The van der Waals surface area contributed by atoms with Crippen molar-refractivity contribution in [3.8, 4) is 11.6 Å². The number of nitrogens with zero attached hydrogens (tertiary/aromatic N) is 5. The van der Waals surface area contributed by atoms with E-state index in [0.717, 1.165) is 28.1 Å². The van der Waals surface area contributed by atoms with Crippen LogP contribution in [0.1, 0.15) is 36.8 Å². The number of hydrogen-bond donors (Lipinski definition) is 1. The molecule has 4 aromatic rings. The molecular weight excluding hydrogens is 340 g/mol. The van der Waals surface area contributed by atoms with Crippen molar-refractivity contribution < 1.29 is 4.42 Å². The minimum Gasteiger partial charge on any atom is -0.443 e. The van der Waals surface area contributed by atoms with E-state index in [2.05, 4.69) is 36.4 Å². The molecule has 0 spiro atoms. The van der Waals surface area contributed by atoms with E-state index >= 15 is 0 Å². The van der Waals surface area contributed by atoms with Gasteiger partial charge in [0.25, 0.3) is 0 Å². The molecule has 27 heavy (non-hydrogen) atoms. The molecule has 0 saturated heterocycles. The van der Waals surface area contributed by atoms with E-state index in [4.69, 9.17) is 14.5 Å². The highest BCUT2D eigenvalue weighted by molar-refractivity contribution is 5.92. The maximum atomic E-state index is 5.58. The lowest BCUT2D eigenvalue weighted by molar-refractivity contribution is 0.547. The summed E-state index contributed by atoms with van der Waals surface area (Å²) in [6, 6.07) is 4.33. The molecule has 1 N–H and O–H groups in total. The largest absolute Gasteiger partial charge is 0.443 e. The average Bonchev–Trinajstić information content (AvgIpc) is 3.32. The fourth-order valence-corrected chi connectivity index (χ4v) is 3.23. The molecule has 4 heterocycles. The Bertz CT molecular complexity index is 1100. The van der Waals surface area contributed by atoms with Crippen LogP contribution in [-0.4, -0.2) is 24.3 Å². The number of fused-ring (bicyclic) bond motifs is 1. The summed E-state index contributed by atoms with van der Waals surface area (Å²) in [5.41, 5.74) is 6.50. The van der Waals surface area contributed by atoms with E-state index in [1.165, 1.54) is 5.56 Å². The first kappa shape index (κ1) is 17.3. The van der Waals surface area contributed by atoms with Crippen LogP contribution in [0.4, 0.5) is 5.69 Å². The number of aromatic nitrogens is 5. The molecule has 0 saturated carbocycles. The third-order valence-corrected chi connectivity index (χ3v) is 4.53. The minimum atomic E-state index is 0.232. The lowest BCUT2D eigenvalue weighted by Gasteiger charge is -2.13.